The zero-order valence-corrected chi connectivity index (χ0v) is 12.0. The monoisotopic (exact) mass is 302 g/mol. The number of benzene rings is 1. The van der Waals surface area contributed by atoms with Gasteiger partial charge in [-0.05, 0) is 18.2 Å². The topological polar surface area (TPSA) is 43.8 Å². The van der Waals surface area contributed by atoms with Gasteiger partial charge in [-0.2, -0.15) is 0 Å². The van der Waals surface area contributed by atoms with Crippen LogP contribution in [0.5, 0.6) is 0 Å². The van der Waals surface area contributed by atoms with E-state index >= 15 is 0 Å². The van der Waals surface area contributed by atoms with Crippen LogP contribution in [-0.2, 0) is 4.79 Å². The van der Waals surface area contributed by atoms with Gasteiger partial charge in [0.15, 0.2) is 0 Å². The fraction of sp³-hybridized carbons (Fsp3) is 0.462. The Morgan fingerprint density at radius 1 is 1.16 bits per heavy atom. The molecule has 1 saturated heterocycles. The van der Waals surface area contributed by atoms with Crippen LogP contribution < -0.4 is 4.90 Å². The van der Waals surface area contributed by atoms with Gasteiger partial charge in [-0.3, -0.25) is 9.69 Å². The number of carbonyl (C=O) groups is 1. The molecular formula is C13H16Cl2N2O2. The van der Waals surface area contributed by atoms with Crippen LogP contribution in [0.1, 0.15) is 6.42 Å². The molecule has 1 aromatic rings. The summed E-state index contributed by atoms with van der Waals surface area (Å²) in [6.07, 6.45) is 0.201. The molecular weight excluding hydrogens is 287 g/mol. The van der Waals surface area contributed by atoms with E-state index in [4.69, 9.17) is 28.3 Å². The molecule has 0 unspecified atom stereocenters. The molecule has 1 aliphatic rings. The summed E-state index contributed by atoms with van der Waals surface area (Å²) in [5, 5.41) is 9.79. The average Bonchev–Trinajstić information content (AvgIpc) is 2.40. The third-order valence-corrected chi connectivity index (χ3v) is 4.02. The van der Waals surface area contributed by atoms with E-state index in [9.17, 15) is 4.79 Å². The molecule has 1 heterocycles. The smallest absolute Gasteiger partial charge is 0.304 e. The molecule has 1 aliphatic heterocycles. The van der Waals surface area contributed by atoms with Gasteiger partial charge in [0.25, 0.3) is 0 Å². The molecule has 0 bridgehead atoms. The second kappa shape index (κ2) is 6.46. The molecule has 0 aliphatic carbocycles. The predicted octanol–water partition coefficient (Wildman–Crippen LogP) is 2.59. The Kier molecular flexibility index (Phi) is 4.91. The molecule has 0 atom stereocenters. The van der Waals surface area contributed by atoms with Gasteiger partial charge >= 0.3 is 5.97 Å². The molecule has 4 nitrogen and oxygen atoms in total. The van der Waals surface area contributed by atoms with E-state index in [1.165, 1.54) is 0 Å². The first-order valence-electron chi connectivity index (χ1n) is 6.20. The predicted molar refractivity (Wildman–Crippen MR) is 77.4 cm³/mol. The normalized spacial score (nSPS) is 16.6. The van der Waals surface area contributed by atoms with Crippen molar-refractivity contribution >= 4 is 34.9 Å². The van der Waals surface area contributed by atoms with Gasteiger partial charge in [-0.25, -0.2) is 0 Å². The Balaban J connectivity index is 1.88. The molecule has 1 aromatic carbocycles. The van der Waals surface area contributed by atoms with Gasteiger partial charge in [0.05, 0.1) is 16.5 Å². The highest BCUT2D eigenvalue weighted by atomic mass is 35.5. The summed E-state index contributed by atoms with van der Waals surface area (Å²) in [5.41, 5.74) is 1.06. The van der Waals surface area contributed by atoms with Gasteiger partial charge in [0.2, 0.25) is 0 Å². The van der Waals surface area contributed by atoms with Crippen molar-refractivity contribution in [2.24, 2.45) is 0 Å². The van der Waals surface area contributed by atoms with Crippen LogP contribution in [0.25, 0.3) is 0 Å². The lowest BCUT2D eigenvalue weighted by atomic mass is 10.2. The summed E-state index contributed by atoms with van der Waals surface area (Å²) < 4.78 is 0. The van der Waals surface area contributed by atoms with Crippen molar-refractivity contribution in [1.29, 1.82) is 0 Å². The molecule has 1 fully saturated rings. The van der Waals surface area contributed by atoms with Crippen LogP contribution >= 0.6 is 23.2 Å². The van der Waals surface area contributed by atoms with Gasteiger partial charge in [0.1, 0.15) is 0 Å². The molecule has 0 aromatic heterocycles. The third kappa shape index (κ3) is 4.00. The van der Waals surface area contributed by atoms with Crippen LogP contribution in [-0.4, -0.2) is 48.7 Å². The van der Waals surface area contributed by atoms with Crippen LogP contribution in [0.15, 0.2) is 18.2 Å². The van der Waals surface area contributed by atoms with Crippen molar-refractivity contribution in [3.63, 3.8) is 0 Å². The number of aliphatic carboxylic acids is 1. The molecule has 0 spiro atoms. The first kappa shape index (κ1) is 14.4. The van der Waals surface area contributed by atoms with E-state index in [0.29, 0.717) is 16.6 Å². The summed E-state index contributed by atoms with van der Waals surface area (Å²) in [7, 11) is 0. The van der Waals surface area contributed by atoms with Gasteiger partial charge in [0, 0.05) is 38.4 Å². The molecule has 104 valence electrons. The van der Waals surface area contributed by atoms with Crippen molar-refractivity contribution < 1.29 is 9.90 Å². The molecule has 2 rings (SSSR count). The number of anilines is 1. The van der Waals surface area contributed by atoms with Crippen LogP contribution in [0.2, 0.25) is 10.0 Å². The maximum Gasteiger partial charge on any atom is 0.304 e. The average molecular weight is 303 g/mol. The fourth-order valence-corrected chi connectivity index (χ4v) is 2.46. The SMILES string of the molecule is O=C(O)CCN1CCN(c2ccc(Cl)c(Cl)c2)CC1. The molecule has 6 heteroatoms. The van der Waals surface area contributed by atoms with Crippen molar-refractivity contribution in [3.05, 3.63) is 28.2 Å². The second-order valence-electron chi connectivity index (χ2n) is 4.57. The lowest BCUT2D eigenvalue weighted by Gasteiger charge is -2.36. The quantitative estimate of drug-likeness (QED) is 0.928. The standard InChI is InChI=1S/C13H16Cl2N2O2/c14-11-2-1-10(9-12(11)15)17-7-5-16(6-8-17)4-3-13(18)19/h1-2,9H,3-8H2,(H,18,19). The maximum atomic E-state index is 10.5. The van der Waals surface area contributed by atoms with Crippen LogP contribution in [0, 0.1) is 0 Å². The van der Waals surface area contributed by atoms with E-state index in [1.54, 1.807) is 6.07 Å². The number of piperazine rings is 1. The van der Waals surface area contributed by atoms with E-state index in [0.717, 1.165) is 31.9 Å². The summed E-state index contributed by atoms with van der Waals surface area (Å²) >= 11 is 11.9. The highest BCUT2D eigenvalue weighted by molar-refractivity contribution is 6.42. The Bertz CT molecular complexity index is 460. The maximum absolute atomic E-state index is 10.5. The van der Waals surface area contributed by atoms with Crippen LogP contribution in [0.3, 0.4) is 0 Å². The van der Waals surface area contributed by atoms with Crippen molar-refractivity contribution in [1.82, 2.24) is 4.90 Å². The third-order valence-electron chi connectivity index (χ3n) is 3.28. The zero-order chi connectivity index (χ0) is 13.8. The number of halogens is 2. The number of hydrogen-bond acceptors (Lipinski definition) is 3. The second-order valence-corrected chi connectivity index (χ2v) is 5.39. The Morgan fingerprint density at radius 3 is 2.42 bits per heavy atom. The minimum atomic E-state index is -0.744. The number of carboxylic acids is 1. The van der Waals surface area contributed by atoms with E-state index < -0.39 is 5.97 Å². The lowest BCUT2D eigenvalue weighted by molar-refractivity contribution is -0.137. The number of hydrogen-bond donors (Lipinski definition) is 1. The van der Waals surface area contributed by atoms with Crippen molar-refractivity contribution in [2.75, 3.05) is 37.6 Å². The van der Waals surface area contributed by atoms with Gasteiger partial charge in [-0.1, -0.05) is 23.2 Å². The van der Waals surface area contributed by atoms with Crippen LogP contribution in [0.4, 0.5) is 5.69 Å². The number of carboxylic acid groups (broad SMARTS) is 1. The Morgan fingerprint density at radius 2 is 1.84 bits per heavy atom. The van der Waals surface area contributed by atoms with E-state index in [2.05, 4.69) is 9.80 Å². The molecule has 1 N–H and O–H groups in total. The summed E-state index contributed by atoms with van der Waals surface area (Å²) in [4.78, 5) is 14.9. The highest BCUT2D eigenvalue weighted by Crippen LogP contribution is 2.27. The largest absolute Gasteiger partial charge is 0.481 e. The molecule has 0 saturated carbocycles. The Hall–Kier alpha value is -0.970. The minimum absolute atomic E-state index is 0.201. The highest BCUT2D eigenvalue weighted by Gasteiger charge is 2.18. The zero-order valence-electron chi connectivity index (χ0n) is 10.5. The van der Waals surface area contributed by atoms with E-state index in [-0.39, 0.29) is 6.42 Å². The van der Waals surface area contributed by atoms with Gasteiger partial charge < -0.3 is 10.0 Å². The first-order chi connectivity index (χ1) is 9.06. The molecule has 0 amide bonds. The number of nitrogens with zero attached hydrogens (tertiary/aromatic N) is 2. The lowest BCUT2D eigenvalue weighted by Crippen LogP contribution is -2.46. The first-order valence-corrected chi connectivity index (χ1v) is 6.96. The Labute approximate surface area is 122 Å². The summed E-state index contributed by atoms with van der Waals surface area (Å²) in [5.74, 6) is -0.744. The fourth-order valence-electron chi connectivity index (χ4n) is 2.17. The summed E-state index contributed by atoms with van der Waals surface area (Å²) in [6.45, 7) is 4.10. The minimum Gasteiger partial charge on any atom is -0.481 e. The van der Waals surface area contributed by atoms with E-state index in [1.807, 2.05) is 12.1 Å². The van der Waals surface area contributed by atoms with Gasteiger partial charge in [-0.15, -0.1) is 0 Å². The summed E-state index contributed by atoms with van der Waals surface area (Å²) in [6, 6.07) is 5.63. The molecule has 19 heavy (non-hydrogen) atoms. The van der Waals surface area contributed by atoms with Crippen molar-refractivity contribution in [2.45, 2.75) is 6.42 Å². The van der Waals surface area contributed by atoms with Crippen molar-refractivity contribution in [3.8, 4) is 0 Å². The molecule has 0 radical (unpaired) electrons. The number of rotatable bonds is 4.